The summed E-state index contributed by atoms with van der Waals surface area (Å²) < 4.78 is 0. The van der Waals surface area contributed by atoms with Gasteiger partial charge in [-0.25, -0.2) is 9.59 Å². The number of urea groups is 1. The Morgan fingerprint density at radius 1 is 1.44 bits per heavy atom. The quantitative estimate of drug-likeness (QED) is 0.747. The van der Waals surface area contributed by atoms with Gasteiger partial charge in [0, 0.05) is 6.54 Å². The Morgan fingerprint density at radius 2 is 2.22 bits per heavy atom. The maximum Gasteiger partial charge on any atom is 0.326 e. The van der Waals surface area contributed by atoms with E-state index in [0.29, 0.717) is 13.0 Å². The highest BCUT2D eigenvalue weighted by Crippen LogP contribution is 2.18. The van der Waals surface area contributed by atoms with Crippen LogP contribution in [-0.2, 0) is 11.8 Å². The normalized spacial score (nSPS) is 19.6. The third-order valence-electron chi connectivity index (χ3n) is 2.78. The van der Waals surface area contributed by atoms with Crippen LogP contribution in [0.15, 0.2) is 0 Å². The number of nitrogens with one attached hydrogen (secondary N) is 1. The number of carbonyl (C=O) groups excluding carboxylic acids is 1. The van der Waals surface area contributed by atoms with Gasteiger partial charge in [0.25, 0.3) is 5.95 Å². The highest BCUT2D eigenvalue weighted by Gasteiger charge is 2.32. The average Bonchev–Trinajstić information content (AvgIpc) is 2.74. The van der Waals surface area contributed by atoms with Crippen molar-refractivity contribution in [2.45, 2.75) is 25.3 Å². The van der Waals surface area contributed by atoms with Crippen molar-refractivity contribution >= 4 is 17.9 Å². The summed E-state index contributed by atoms with van der Waals surface area (Å²) in [6, 6.07) is -1.29. The fraction of sp³-hybridized carbons (Fsp3) is 0.667. The molecule has 1 fully saturated rings. The fourth-order valence-electron chi connectivity index (χ4n) is 1.93. The molecule has 1 aromatic heterocycles. The first-order chi connectivity index (χ1) is 8.58. The molecule has 1 aliphatic rings. The molecule has 18 heavy (non-hydrogen) atoms. The highest BCUT2D eigenvalue weighted by atomic mass is 16.4. The number of carboxylic acids is 1. The molecule has 9 heteroatoms. The molecule has 1 saturated heterocycles. The van der Waals surface area contributed by atoms with Gasteiger partial charge in [0.2, 0.25) is 0 Å². The Morgan fingerprint density at radius 3 is 2.83 bits per heavy atom. The van der Waals surface area contributed by atoms with Crippen LogP contribution in [0.4, 0.5) is 10.7 Å². The van der Waals surface area contributed by atoms with Crippen LogP contribution in [-0.4, -0.2) is 54.8 Å². The van der Waals surface area contributed by atoms with Crippen molar-refractivity contribution in [1.82, 2.24) is 25.1 Å². The van der Waals surface area contributed by atoms with Crippen LogP contribution in [0.2, 0.25) is 0 Å². The van der Waals surface area contributed by atoms with Crippen molar-refractivity contribution < 1.29 is 14.7 Å². The monoisotopic (exact) mass is 254 g/mol. The number of anilines is 1. The second-order valence-corrected chi connectivity index (χ2v) is 4.08. The molecule has 2 amide bonds. The average molecular weight is 254 g/mol. The van der Waals surface area contributed by atoms with E-state index in [1.54, 1.807) is 7.05 Å². The van der Waals surface area contributed by atoms with Gasteiger partial charge < -0.3 is 10.0 Å². The predicted octanol–water partition coefficient (Wildman–Crippen LogP) is -0.319. The lowest BCUT2D eigenvalue weighted by Gasteiger charge is -2.32. The van der Waals surface area contributed by atoms with E-state index in [4.69, 9.17) is 5.11 Å². The van der Waals surface area contributed by atoms with Gasteiger partial charge in [0.1, 0.15) is 6.04 Å². The Labute approximate surface area is 103 Å². The van der Waals surface area contributed by atoms with Crippen molar-refractivity contribution in [3.63, 3.8) is 0 Å². The minimum Gasteiger partial charge on any atom is -0.480 e. The van der Waals surface area contributed by atoms with Gasteiger partial charge in [-0.3, -0.25) is 5.32 Å². The maximum absolute atomic E-state index is 11.9. The molecule has 0 aliphatic carbocycles. The van der Waals surface area contributed by atoms with Gasteiger partial charge in [0.15, 0.2) is 0 Å². The first-order valence-corrected chi connectivity index (χ1v) is 5.62. The van der Waals surface area contributed by atoms with Gasteiger partial charge >= 0.3 is 12.0 Å². The highest BCUT2D eigenvalue weighted by molar-refractivity contribution is 5.90. The molecular weight excluding hydrogens is 240 g/mol. The van der Waals surface area contributed by atoms with Crippen molar-refractivity contribution in [3.8, 4) is 0 Å². The van der Waals surface area contributed by atoms with Gasteiger partial charge in [-0.2, -0.15) is 4.80 Å². The van der Waals surface area contributed by atoms with E-state index in [9.17, 15) is 9.59 Å². The molecule has 0 bridgehead atoms. The zero-order chi connectivity index (χ0) is 13.1. The van der Waals surface area contributed by atoms with E-state index in [0.717, 1.165) is 12.8 Å². The second-order valence-electron chi connectivity index (χ2n) is 4.08. The summed E-state index contributed by atoms with van der Waals surface area (Å²) in [6.07, 6.45) is 2.08. The van der Waals surface area contributed by atoms with Gasteiger partial charge in [-0.1, -0.05) is 5.10 Å². The first kappa shape index (κ1) is 12.3. The number of amides is 2. The van der Waals surface area contributed by atoms with Crippen LogP contribution in [0, 0.1) is 0 Å². The minimum atomic E-state index is -0.989. The fourth-order valence-corrected chi connectivity index (χ4v) is 1.93. The summed E-state index contributed by atoms with van der Waals surface area (Å²) in [6.45, 7) is 0.420. The molecule has 98 valence electrons. The molecule has 1 aliphatic heterocycles. The zero-order valence-electron chi connectivity index (χ0n) is 9.91. The molecule has 9 nitrogen and oxygen atoms in total. The van der Waals surface area contributed by atoms with Crippen LogP contribution in [0.5, 0.6) is 0 Å². The molecule has 0 radical (unpaired) electrons. The lowest BCUT2D eigenvalue weighted by Crippen LogP contribution is -2.49. The number of aliphatic carboxylic acids is 1. The van der Waals surface area contributed by atoms with Crippen molar-refractivity contribution in [2.24, 2.45) is 7.05 Å². The van der Waals surface area contributed by atoms with Crippen LogP contribution >= 0.6 is 0 Å². The molecule has 0 saturated carbocycles. The van der Waals surface area contributed by atoms with Crippen molar-refractivity contribution in [2.75, 3.05) is 11.9 Å². The van der Waals surface area contributed by atoms with E-state index in [2.05, 4.69) is 20.7 Å². The number of nitrogens with zero attached hydrogens (tertiary/aromatic N) is 5. The Bertz CT molecular complexity index is 459. The number of hydrogen-bond donors (Lipinski definition) is 2. The molecular formula is C9H14N6O3. The summed E-state index contributed by atoms with van der Waals surface area (Å²) >= 11 is 0. The SMILES string of the molecule is Cn1nnc(NC(=O)N2CCCCC2C(=O)O)n1. The summed E-state index contributed by atoms with van der Waals surface area (Å²) in [7, 11) is 1.57. The summed E-state index contributed by atoms with van der Waals surface area (Å²) in [5.41, 5.74) is 0. The molecule has 0 aromatic carbocycles. The lowest BCUT2D eigenvalue weighted by molar-refractivity contribution is -0.143. The molecule has 2 heterocycles. The molecule has 1 unspecified atom stereocenters. The molecule has 1 atom stereocenters. The molecule has 2 rings (SSSR count). The second kappa shape index (κ2) is 4.98. The van der Waals surface area contributed by atoms with Gasteiger partial charge in [-0.05, 0) is 24.5 Å². The maximum atomic E-state index is 11.9. The van der Waals surface area contributed by atoms with E-state index < -0.39 is 18.0 Å². The summed E-state index contributed by atoms with van der Waals surface area (Å²) in [5, 5.41) is 22.5. The number of hydrogen-bond acceptors (Lipinski definition) is 5. The summed E-state index contributed by atoms with van der Waals surface area (Å²) in [4.78, 5) is 25.5. The standard InChI is InChI=1S/C9H14N6O3/c1-14-12-8(11-13-14)10-9(18)15-5-3-2-4-6(15)7(16)17/h6H,2-5H2,1H3,(H,16,17)(H,10,12,18). The summed E-state index contributed by atoms with van der Waals surface area (Å²) in [5.74, 6) is -0.922. The van der Waals surface area contributed by atoms with Crippen LogP contribution in [0.3, 0.4) is 0 Å². The van der Waals surface area contributed by atoms with E-state index in [-0.39, 0.29) is 5.95 Å². The van der Waals surface area contributed by atoms with Gasteiger partial charge in [-0.15, -0.1) is 5.10 Å². The number of carbonyl (C=O) groups is 2. The number of aryl methyl sites for hydroxylation is 1. The first-order valence-electron chi connectivity index (χ1n) is 5.62. The predicted molar refractivity (Wildman–Crippen MR) is 59.8 cm³/mol. The number of tetrazole rings is 1. The zero-order valence-corrected chi connectivity index (χ0v) is 9.91. The third-order valence-corrected chi connectivity index (χ3v) is 2.78. The number of carboxylic acid groups (broad SMARTS) is 1. The topological polar surface area (TPSA) is 113 Å². The van der Waals surface area contributed by atoms with Crippen molar-refractivity contribution in [3.05, 3.63) is 0 Å². The van der Waals surface area contributed by atoms with Crippen LogP contribution in [0.25, 0.3) is 0 Å². The number of likely N-dealkylation sites (tertiary alicyclic amines) is 1. The Kier molecular flexibility index (Phi) is 3.40. The van der Waals surface area contributed by atoms with Crippen molar-refractivity contribution in [1.29, 1.82) is 0 Å². The Balaban J connectivity index is 2.04. The number of piperidine rings is 1. The third kappa shape index (κ3) is 2.55. The lowest BCUT2D eigenvalue weighted by atomic mass is 10.0. The van der Waals surface area contributed by atoms with E-state index in [1.807, 2.05) is 0 Å². The van der Waals surface area contributed by atoms with Crippen LogP contribution in [0.1, 0.15) is 19.3 Å². The largest absolute Gasteiger partial charge is 0.480 e. The van der Waals surface area contributed by atoms with E-state index >= 15 is 0 Å². The minimum absolute atomic E-state index is 0.0669. The van der Waals surface area contributed by atoms with Crippen LogP contribution < -0.4 is 5.32 Å². The molecule has 2 N–H and O–H groups in total. The Hall–Kier alpha value is -2.19. The smallest absolute Gasteiger partial charge is 0.326 e. The van der Waals surface area contributed by atoms with E-state index in [1.165, 1.54) is 9.70 Å². The molecule has 1 aromatic rings. The molecule has 0 spiro atoms. The van der Waals surface area contributed by atoms with Gasteiger partial charge in [0.05, 0.1) is 7.05 Å². The number of aromatic nitrogens is 4. The number of rotatable bonds is 2.